The molecule has 132 valence electrons. The van der Waals surface area contributed by atoms with Gasteiger partial charge in [0.25, 0.3) is 0 Å². The van der Waals surface area contributed by atoms with E-state index in [9.17, 15) is 5.26 Å². The van der Waals surface area contributed by atoms with E-state index in [0.717, 1.165) is 61.4 Å². The Morgan fingerprint density at radius 2 is 2.08 bits per heavy atom. The second-order valence-corrected chi connectivity index (χ2v) is 6.62. The maximum Gasteiger partial charge on any atom is 0.139 e. The van der Waals surface area contributed by atoms with Gasteiger partial charge in [0.1, 0.15) is 11.7 Å². The minimum absolute atomic E-state index is 0.638. The highest BCUT2D eigenvalue weighted by Crippen LogP contribution is 2.31. The van der Waals surface area contributed by atoms with Gasteiger partial charge in [-0.15, -0.1) is 0 Å². The molecule has 3 aromatic rings. The molecular formula is C21H22N4O. The lowest BCUT2D eigenvalue weighted by molar-refractivity contribution is 0.0341. The minimum Gasteiger partial charge on any atom is -0.379 e. The Balaban J connectivity index is 1.72. The highest BCUT2D eigenvalue weighted by atomic mass is 16.5. The van der Waals surface area contributed by atoms with Crippen molar-refractivity contribution in [1.82, 2.24) is 14.9 Å². The number of aromatic nitrogens is 2. The van der Waals surface area contributed by atoms with Crippen LogP contribution in [0.2, 0.25) is 0 Å². The van der Waals surface area contributed by atoms with Crippen LogP contribution in [-0.4, -0.2) is 41.2 Å². The molecular weight excluding hydrogens is 324 g/mol. The molecule has 0 radical (unpaired) electrons. The number of benzene rings is 1. The summed E-state index contributed by atoms with van der Waals surface area (Å²) in [5.41, 5.74) is 6.32. The van der Waals surface area contributed by atoms with E-state index in [1.54, 1.807) is 12.4 Å². The third kappa shape index (κ3) is 3.10. The number of aryl methyl sites for hydroxylation is 1. The fourth-order valence-electron chi connectivity index (χ4n) is 3.66. The number of pyridine rings is 1. The fraction of sp³-hybridized carbons (Fsp3) is 0.333. The quantitative estimate of drug-likeness (QED) is 0.785. The molecule has 0 amide bonds. The van der Waals surface area contributed by atoms with Gasteiger partial charge in [-0.1, -0.05) is 25.1 Å². The minimum atomic E-state index is 0.638. The van der Waals surface area contributed by atoms with Gasteiger partial charge < -0.3 is 9.72 Å². The van der Waals surface area contributed by atoms with Gasteiger partial charge in [0.05, 0.1) is 18.8 Å². The molecule has 0 spiro atoms. The van der Waals surface area contributed by atoms with Crippen molar-refractivity contribution in [1.29, 1.82) is 5.26 Å². The average Bonchev–Trinajstić information content (AvgIpc) is 3.12. The van der Waals surface area contributed by atoms with Crippen LogP contribution < -0.4 is 0 Å². The first-order valence-corrected chi connectivity index (χ1v) is 9.08. The van der Waals surface area contributed by atoms with Crippen LogP contribution in [0.15, 0.2) is 36.7 Å². The molecule has 4 rings (SSSR count). The van der Waals surface area contributed by atoms with E-state index >= 15 is 0 Å². The first-order chi connectivity index (χ1) is 12.8. The van der Waals surface area contributed by atoms with Crippen molar-refractivity contribution < 1.29 is 4.74 Å². The Bertz CT molecular complexity index is 964. The molecule has 0 bridgehead atoms. The highest BCUT2D eigenvalue weighted by molar-refractivity contribution is 5.97. The maximum absolute atomic E-state index is 9.41. The molecule has 1 aliphatic heterocycles. The summed E-state index contributed by atoms with van der Waals surface area (Å²) in [5.74, 6) is 0. The average molecular weight is 346 g/mol. The zero-order chi connectivity index (χ0) is 17.9. The third-order valence-electron chi connectivity index (χ3n) is 5.09. The molecule has 26 heavy (non-hydrogen) atoms. The van der Waals surface area contributed by atoms with Crippen molar-refractivity contribution in [2.45, 2.75) is 19.9 Å². The van der Waals surface area contributed by atoms with Gasteiger partial charge in [0.2, 0.25) is 0 Å². The Hall–Kier alpha value is -2.68. The summed E-state index contributed by atoms with van der Waals surface area (Å²) in [5, 5.41) is 10.3. The summed E-state index contributed by atoms with van der Waals surface area (Å²) >= 11 is 0. The van der Waals surface area contributed by atoms with E-state index in [-0.39, 0.29) is 0 Å². The van der Waals surface area contributed by atoms with Gasteiger partial charge >= 0.3 is 0 Å². The number of nitrogens with zero attached hydrogens (tertiary/aromatic N) is 3. The van der Waals surface area contributed by atoms with E-state index < -0.39 is 0 Å². The summed E-state index contributed by atoms with van der Waals surface area (Å²) in [6, 6.07) is 10.9. The predicted molar refractivity (Wildman–Crippen MR) is 102 cm³/mol. The largest absolute Gasteiger partial charge is 0.379 e. The van der Waals surface area contributed by atoms with Gasteiger partial charge in [-0.3, -0.25) is 4.90 Å². The van der Waals surface area contributed by atoms with Crippen molar-refractivity contribution in [3.8, 4) is 17.2 Å². The monoisotopic (exact) mass is 346 g/mol. The van der Waals surface area contributed by atoms with Crippen LogP contribution in [0.5, 0.6) is 0 Å². The number of fused-ring (bicyclic) bond motifs is 1. The van der Waals surface area contributed by atoms with Crippen LogP contribution in [0.4, 0.5) is 0 Å². The molecule has 5 nitrogen and oxygen atoms in total. The normalized spacial score (nSPS) is 15.2. The van der Waals surface area contributed by atoms with Gasteiger partial charge in [-0.25, -0.2) is 4.98 Å². The Labute approximate surface area is 153 Å². The van der Waals surface area contributed by atoms with Crippen molar-refractivity contribution in [3.05, 3.63) is 53.3 Å². The maximum atomic E-state index is 9.41. The number of nitriles is 1. The molecule has 3 heterocycles. The first kappa shape index (κ1) is 16.8. The molecule has 0 aliphatic carbocycles. The van der Waals surface area contributed by atoms with Crippen molar-refractivity contribution in [2.75, 3.05) is 26.3 Å². The highest BCUT2D eigenvalue weighted by Gasteiger charge is 2.15. The molecule has 1 aromatic carbocycles. The van der Waals surface area contributed by atoms with Crippen molar-refractivity contribution in [2.24, 2.45) is 0 Å². The number of ether oxygens (including phenoxy) is 1. The number of morpholine rings is 1. The number of H-pyrrole nitrogens is 1. The summed E-state index contributed by atoms with van der Waals surface area (Å²) in [6.07, 6.45) is 4.51. The number of aromatic amines is 1. The lowest BCUT2D eigenvalue weighted by atomic mass is 9.95. The second-order valence-electron chi connectivity index (χ2n) is 6.62. The van der Waals surface area contributed by atoms with E-state index in [2.05, 4.69) is 46.1 Å². The number of rotatable bonds is 4. The first-order valence-electron chi connectivity index (χ1n) is 9.08. The molecule has 5 heteroatoms. The molecule has 2 aromatic heterocycles. The van der Waals surface area contributed by atoms with Crippen LogP contribution in [0.25, 0.3) is 22.2 Å². The molecule has 1 fully saturated rings. The molecule has 1 saturated heterocycles. The van der Waals surface area contributed by atoms with Gasteiger partial charge in [-0.2, -0.15) is 5.26 Å². The third-order valence-corrected chi connectivity index (χ3v) is 5.09. The van der Waals surface area contributed by atoms with E-state index in [1.165, 1.54) is 11.1 Å². The van der Waals surface area contributed by atoms with Crippen molar-refractivity contribution >= 4 is 11.0 Å². The topological polar surface area (TPSA) is 64.9 Å². The molecule has 1 N–H and O–H groups in total. The van der Waals surface area contributed by atoms with Crippen molar-refractivity contribution in [3.63, 3.8) is 0 Å². The van der Waals surface area contributed by atoms with Crippen LogP contribution in [0.1, 0.15) is 23.6 Å². The van der Waals surface area contributed by atoms with Gasteiger partial charge in [-0.05, 0) is 34.7 Å². The SMILES string of the molecule is CCc1cc(-c2ccnc3[nH]cc(C#N)c23)ccc1CN1CCOCC1. The van der Waals surface area contributed by atoms with Gasteiger partial charge in [0.15, 0.2) is 0 Å². The number of nitrogens with one attached hydrogen (secondary N) is 1. The lowest BCUT2D eigenvalue weighted by Crippen LogP contribution is -2.35. The summed E-state index contributed by atoms with van der Waals surface area (Å²) in [6.45, 7) is 6.78. The molecule has 0 unspecified atom stereocenters. The zero-order valence-corrected chi connectivity index (χ0v) is 15.0. The Kier molecular flexibility index (Phi) is 4.70. The van der Waals surface area contributed by atoms with Crippen LogP contribution >= 0.6 is 0 Å². The smallest absolute Gasteiger partial charge is 0.139 e. The van der Waals surface area contributed by atoms with Gasteiger partial charge in [0, 0.05) is 37.4 Å². The van der Waals surface area contributed by atoms with Crippen LogP contribution in [0, 0.1) is 11.3 Å². The zero-order valence-electron chi connectivity index (χ0n) is 15.0. The number of hydrogen-bond donors (Lipinski definition) is 1. The Morgan fingerprint density at radius 3 is 2.85 bits per heavy atom. The van der Waals surface area contributed by atoms with E-state index in [1.807, 2.05) is 6.07 Å². The van der Waals surface area contributed by atoms with Crippen LogP contribution in [0.3, 0.4) is 0 Å². The summed E-state index contributed by atoms with van der Waals surface area (Å²) in [7, 11) is 0. The predicted octanol–water partition coefficient (Wildman–Crippen LogP) is 3.50. The molecule has 1 aliphatic rings. The lowest BCUT2D eigenvalue weighted by Gasteiger charge is -2.27. The molecule has 0 atom stereocenters. The summed E-state index contributed by atoms with van der Waals surface area (Å²) < 4.78 is 5.45. The second kappa shape index (κ2) is 7.28. The van der Waals surface area contributed by atoms with E-state index in [0.29, 0.717) is 5.56 Å². The van der Waals surface area contributed by atoms with Crippen LogP contribution in [-0.2, 0) is 17.7 Å². The molecule has 0 saturated carbocycles. The fourth-order valence-corrected chi connectivity index (χ4v) is 3.66. The number of hydrogen-bond acceptors (Lipinski definition) is 4. The standard InChI is InChI=1S/C21H22N4O/c1-2-15-11-16(3-4-17(15)14-25-7-9-26-10-8-25)19-5-6-23-21-20(19)18(12-22)13-24-21/h3-6,11,13H,2,7-10,14H2,1H3,(H,23,24). The summed E-state index contributed by atoms with van der Waals surface area (Å²) in [4.78, 5) is 9.89. The Morgan fingerprint density at radius 1 is 1.23 bits per heavy atom. The van der Waals surface area contributed by atoms with E-state index in [4.69, 9.17) is 4.74 Å².